The zero-order chi connectivity index (χ0) is 12.9. The van der Waals surface area contributed by atoms with Gasteiger partial charge in [0, 0.05) is 8.07 Å². The van der Waals surface area contributed by atoms with E-state index in [1.165, 1.54) is 0 Å². The van der Waals surface area contributed by atoms with Crippen LogP contribution in [0.4, 0.5) is 0 Å². The normalized spacial score (nSPS) is 13.2. The van der Waals surface area contributed by atoms with E-state index in [9.17, 15) is 4.79 Å². The van der Waals surface area contributed by atoms with Crippen LogP contribution in [0.15, 0.2) is 30.3 Å². The van der Waals surface area contributed by atoms with Crippen molar-refractivity contribution in [3.05, 3.63) is 30.3 Å². The van der Waals surface area contributed by atoms with Gasteiger partial charge in [-0.2, -0.15) is 0 Å². The minimum absolute atomic E-state index is 0.0434. The lowest BCUT2D eigenvalue weighted by molar-refractivity contribution is -0.138. The highest BCUT2D eigenvalue weighted by atomic mass is 28.3. The molecule has 94 valence electrons. The largest absolute Gasteiger partial charge is 0.426 e. The first-order valence-electron chi connectivity index (χ1n) is 6.19. The van der Waals surface area contributed by atoms with Crippen LogP contribution in [0.5, 0.6) is 5.75 Å². The summed E-state index contributed by atoms with van der Waals surface area (Å²) < 4.78 is 5.40. The molecule has 0 heterocycles. The molecule has 1 aromatic carbocycles. The van der Waals surface area contributed by atoms with Crippen LogP contribution < -0.4 is 4.74 Å². The summed E-state index contributed by atoms with van der Waals surface area (Å²) in [5.74, 6) is 0.606. The fraction of sp³-hybridized carbons (Fsp3) is 0.500. The Balaban J connectivity index is 2.62. The van der Waals surface area contributed by atoms with Gasteiger partial charge in [-0.15, -0.1) is 0 Å². The van der Waals surface area contributed by atoms with E-state index in [-0.39, 0.29) is 11.9 Å². The molecule has 1 unspecified atom stereocenters. The van der Waals surface area contributed by atoms with E-state index in [1.54, 1.807) is 0 Å². The zero-order valence-electron chi connectivity index (χ0n) is 11.2. The summed E-state index contributed by atoms with van der Waals surface area (Å²) in [6.45, 7) is 8.90. The van der Waals surface area contributed by atoms with Gasteiger partial charge < -0.3 is 4.74 Å². The number of carbonyl (C=O) groups excluding carboxylic acids is 1. The lowest BCUT2D eigenvalue weighted by Crippen LogP contribution is -2.30. The molecular formula is C14H22O2Si. The molecular weight excluding hydrogens is 228 g/mol. The van der Waals surface area contributed by atoms with Crippen LogP contribution in [-0.4, -0.2) is 14.0 Å². The SMILES string of the molecule is CCC(C[Si](C)(C)C)C(=O)Oc1ccccc1. The van der Waals surface area contributed by atoms with Crippen LogP contribution in [0.1, 0.15) is 13.3 Å². The summed E-state index contributed by atoms with van der Waals surface area (Å²) in [7, 11) is -1.22. The molecule has 0 aliphatic heterocycles. The van der Waals surface area contributed by atoms with Crippen molar-refractivity contribution in [1.82, 2.24) is 0 Å². The van der Waals surface area contributed by atoms with Crippen LogP contribution in [0.25, 0.3) is 0 Å². The van der Waals surface area contributed by atoms with Gasteiger partial charge in [-0.05, 0) is 24.6 Å². The number of benzene rings is 1. The van der Waals surface area contributed by atoms with Gasteiger partial charge in [0.2, 0.25) is 0 Å². The number of rotatable bonds is 5. The highest BCUT2D eigenvalue weighted by molar-refractivity contribution is 6.76. The maximum absolute atomic E-state index is 12.0. The fourth-order valence-electron chi connectivity index (χ4n) is 1.82. The first-order valence-corrected chi connectivity index (χ1v) is 9.90. The van der Waals surface area contributed by atoms with E-state index >= 15 is 0 Å². The Kier molecular flexibility index (Phi) is 4.94. The number of esters is 1. The van der Waals surface area contributed by atoms with Crippen molar-refractivity contribution in [2.45, 2.75) is 39.0 Å². The molecule has 1 rings (SSSR count). The number of hydrogen-bond acceptors (Lipinski definition) is 2. The van der Waals surface area contributed by atoms with E-state index < -0.39 is 8.07 Å². The first-order chi connectivity index (χ1) is 7.92. The van der Waals surface area contributed by atoms with Gasteiger partial charge in [0.15, 0.2) is 0 Å². The molecule has 0 amide bonds. The van der Waals surface area contributed by atoms with E-state index in [0.717, 1.165) is 12.5 Å². The molecule has 1 atom stereocenters. The summed E-state index contributed by atoms with van der Waals surface area (Å²) >= 11 is 0. The molecule has 0 saturated heterocycles. The van der Waals surface area contributed by atoms with Crippen molar-refractivity contribution < 1.29 is 9.53 Å². The molecule has 17 heavy (non-hydrogen) atoms. The highest BCUT2D eigenvalue weighted by Gasteiger charge is 2.26. The minimum Gasteiger partial charge on any atom is -0.426 e. The van der Waals surface area contributed by atoms with Crippen molar-refractivity contribution in [3.8, 4) is 5.75 Å². The molecule has 0 fully saturated rings. The number of carbonyl (C=O) groups is 1. The van der Waals surface area contributed by atoms with Gasteiger partial charge in [0.25, 0.3) is 0 Å². The lowest BCUT2D eigenvalue weighted by atomic mass is 10.1. The Morgan fingerprint density at radius 3 is 2.29 bits per heavy atom. The second-order valence-corrected chi connectivity index (χ2v) is 11.1. The molecule has 0 aromatic heterocycles. The number of para-hydroxylation sites is 1. The van der Waals surface area contributed by atoms with Crippen molar-refractivity contribution in [1.29, 1.82) is 0 Å². The van der Waals surface area contributed by atoms with Crippen molar-refractivity contribution >= 4 is 14.0 Å². The van der Waals surface area contributed by atoms with Crippen LogP contribution in [0.3, 0.4) is 0 Å². The van der Waals surface area contributed by atoms with Crippen LogP contribution in [-0.2, 0) is 4.79 Å². The van der Waals surface area contributed by atoms with Crippen molar-refractivity contribution in [3.63, 3.8) is 0 Å². The summed E-state index contributed by atoms with van der Waals surface area (Å²) in [6, 6.07) is 10.3. The third-order valence-electron chi connectivity index (χ3n) is 2.65. The van der Waals surface area contributed by atoms with Crippen molar-refractivity contribution in [2.24, 2.45) is 5.92 Å². The van der Waals surface area contributed by atoms with Crippen LogP contribution >= 0.6 is 0 Å². The summed E-state index contributed by atoms with van der Waals surface area (Å²) in [4.78, 5) is 12.0. The maximum atomic E-state index is 12.0. The second-order valence-electron chi connectivity index (χ2n) is 5.60. The monoisotopic (exact) mass is 250 g/mol. The van der Waals surface area contributed by atoms with Gasteiger partial charge in [-0.25, -0.2) is 0 Å². The quantitative estimate of drug-likeness (QED) is 0.449. The smallest absolute Gasteiger partial charge is 0.314 e. The molecule has 0 aliphatic carbocycles. The van der Waals surface area contributed by atoms with E-state index in [1.807, 2.05) is 30.3 Å². The molecule has 0 spiro atoms. The van der Waals surface area contributed by atoms with Gasteiger partial charge in [-0.3, -0.25) is 4.79 Å². The molecule has 0 radical (unpaired) electrons. The van der Waals surface area contributed by atoms with E-state index in [2.05, 4.69) is 26.6 Å². The Morgan fingerprint density at radius 2 is 1.82 bits per heavy atom. The molecule has 2 nitrogen and oxygen atoms in total. The number of hydrogen-bond donors (Lipinski definition) is 0. The maximum Gasteiger partial charge on any atom is 0.314 e. The average Bonchev–Trinajstić information content (AvgIpc) is 2.26. The summed E-state index contributed by atoms with van der Waals surface area (Å²) in [5, 5.41) is 0. The Bertz CT molecular complexity index is 354. The van der Waals surface area contributed by atoms with Crippen LogP contribution in [0.2, 0.25) is 25.7 Å². The van der Waals surface area contributed by atoms with Gasteiger partial charge >= 0.3 is 5.97 Å². The fourth-order valence-corrected chi connectivity index (χ4v) is 3.76. The minimum atomic E-state index is -1.22. The predicted molar refractivity (Wildman–Crippen MR) is 74.0 cm³/mol. The molecule has 1 aromatic rings. The molecule has 0 saturated carbocycles. The predicted octanol–water partition coefficient (Wildman–Crippen LogP) is 3.96. The zero-order valence-corrected chi connectivity index (χ0v) is 12.2. The summed E-state index contributed by atoms with van der Waals surface area (Å²) in [6.07, 6.45) is 0.857. The molecule has 0 aliphatic rings. The van der Waals surface area contributed by atoms with Crippen molar-refractivity contribution in [2.75, 3.05) is 0 Å². The Hall–Kier alpha value is -1.09. The molecule has 0 bridgehead atoms. The topological polar surface area (TPSA) is 26.3 Å². The van der Waals surface area contributed by atoms with E-state index in [0.29, 0.717) is 5.75 Å². The molecule has 0 N–H and O–H groups in total. The van der Waals surface area contributed by atoms with Gasteiger partial charge in [0.05, 0.1) is 5.92 Å². The average molecular weight is 250 g/mol. The third-order valence-corrected chi connectivity index (χ3v) is 4.36. The molecule has 3 heteroatoms. The standard InChI is InChI=1S/C14H22O2Si/c1-5-12(11-17(2,3)4)14(15)16-13-9-7-6-8-10-13/h6-10,12H,5,11H2,1-4H3. The van der Waals surface area contributed by atoms with Crippen LogP contribution in [0, 0.1) is 5.92 Å². The lowest BCUT2D eigenvalue weighted by Gasteiger charge is -2.22. The number of ether oxygens (including phenoxy) is 1. The van der Waals surface area contributed by atoms with Gasteiger partial charge in [0.1, 0.15) is 5.75 Å². The second kappa shape index (κ2) is 6.01. The third kappa shape index (κ3) is 5.17. The first kappa shape index (κ1) is 14.0. The Morgan fingerprint density at radius 1 is 1.24 bits per heavy atom. The van der Waals surface area contributed by atoms with Gasteiger partial charge in [-0.1, -0.05) is 44.8 Å². The Labute approximate surface area is 105 Å². The van der Waals surface area contributed by atoms with E-state index in [4.69, 9.17) is 4.74 Å². The summed E-state index contributed by atoms with van der Waals surface area (Å²) in [5.41, 5.74) is 0. The highest BCUT2D eigenvalue weighted by Crippen LogP contribution is 2.22.